The summed E-state index contributed by atoms with van der Waals surface area (Å²) in [5, 5.41) is 9.74. The average molecular weight is 295 g/mol. The molecule has 112 valence electrons. The predicted molar refractivity (Wildman–Crippen MR) is 82.8 cm³/mol. The number of fused-ring (bicyclic) bond motifs is 1. The quantitative estimate of drug-likeness (QED) is 0.926. The van der Waals surface area contributed by atoms with Crippen LogP contribution < -0.4 is 0 Å². The summed E-state index contributed by atoms with van der Waals surface area (Å²) >= 11 is 0. The number of carbonyl (C=O) groups is 2. The van der Waals surface area contributed by atoms with Gasteiger partial charge in [0.05, 0.1) is 6.04 Å². The molecule has 0 saturated carbocycles. The van der Waals surface area contributed by atoms with Crippen molar-refractivity contribution in [3.8, 4) is 0 Å². The van der Waals surface area contributed by atoms with Crippen molar-refractivity contribution in [1.29, 1.82) is 0 Å². The molecule has 0 aliphatic carbocycles. The number of hydrogen-bond donors (Lipinski definition) is 1. The van der Waals surface area contributed by atoms with Crippen LogP contribution >= 0.6 is 0 Å². The first-order valence-corrected chi connectivity index (χ1v) is 7.16. The molecule has 2 aromatic carbocycles. The lowest BCUT2D eigenvalue weighted by Gasteiger charge is -2.38. The van der Waals surface area contributed by atoms with Gasteiger partial charge in [-0.3, -0.25) is 9.59 Å². The zero-order chi connectivity index (χ0) is 15.9. The number of nitrogens with zero attached hydrogens (tertiary/aromatic N) is 1. The Bertz CT molecular complexity index is 736. The summed E-state index contributed by atoms with van der Waals surface area (Å²) in [4.78, 5) is 26.0. The van der Waals surface area contributed by atoms with Crippen LogP contribution in [-0.4, -0.2) is 28.9 Å². The molecule has 0 aromatic heterocycles. The highest BCUT2D eigenvalue weighted by Crippen LogP contribution is 2.41. The molecule has 1 aliphatic rings. The van der Waals surface area contributed by atoms with E-state index < -0.39 is 17.9 Å². The summed E-state index contributed by atoms with van der Waals surface area (Å²) < 4.78 is 0. The van der Waals surface area contributed by atoms with Crippen LogP contribution in [0.2, 0.25) is 0 Å². The molecule has 1 N–H and O–H groups in total. The van der Waals surface area contributed by atoms with Crippen LogP contribution in [0.4, 0.5) is 0 Å². The summed E-state index contributed by atoms with van der Waals surface area (Å²) in [5.41, 5.74) is 2.99. The van der Waals surface area contributed by atoms with E-state index in [4.69, 9.17) is 0 Å². The van der Waals surface area contributed by atoms with Gasteiger partial charge in [-0.25, -0.2) is 0 Å². The number of benzene rings is 2. The molecule has 0 unspecified atom stereocenters. The van der Waals surface area contributed by atoms with E-state index >= 15 is 0 Å². The second-order valence-electron chi connectivity index (χ2n) is 5.67. The molecule has 0 spiro atoms. The molecule has 0 fully saturated rings. The van der Waals surface area contributed by atoms with Crippen LogP contribution in [0.5, 0.6) is 0 Å². The Kier molecular flexibility index (Phi) is 3.45. The van der Waals surface area contributed by atoms with Gasteiger partial charge in [0, 0.05) is 12.6 Å². The highest BCUT2D eigenvalue weighted by molar-refractivity contribution is 6.00. The molecule has 2 atom stereocenters. The molecule has 1 amide bonds. The first-order chi connectivity index (χ1) is 10.5. The lowest BCUT2D eigenvalue weighted by atomic mass is 9.80. The smallest absolute Gasteiger partial charge is 0.313 e. The predicted octanol–water partition coefficient (Wildman–Crippen LogP) is 2.99. The highest BCUT2D eigenvalue weighted by Gasteiger charge is 2.42. The van der Waals surface area contributed by atoms with Crippen molar-refractivity contribution in [2.75, 3.05) is 7.05 Å². The topological polar surface area (TPSA) is 57.6 Å². The first-order valence-electron chi connectivity index (χ1n) is 7.16. The summed E-state index contributed by atoms with van der Waals surface area (Å²) in [6.45, 7) is 1.98. The summed E-state index contributed by atoms with van der Waals surface area (Å²) in [5.74, 6) is -1.82. The molecule has 1 heterocycles. The minimum Gasteiger partial charge on any atom is -0.481 e. The van der Waals surface area contributed by atoms with E-state index in [2.05, 4.69) is 0 Å². The van der Waals surface area contributed by atoms with Gasteiger partial charge in [0.2, 0.25) is 0 Å². The van der Waals surface area contributed by atoms with Gasteiger partial charge in [-0.1, -0.05) is 48.0 Å². The van der Waals surface area contributed by atoms with Gasteiger partial charge in [0.15, 0.2) is 0 Å². The van der Waals surface area contributed by atoms with Gasteiger partial charge in [-0.2, -0.15) is 0 Å². The van der Waals surface area contributed by atoms with Crippen molar-refractivity contribution in [3.63, 3.8) is 0 Å². The fourth-order valence-corrected chi connectivity index (χ4v) is 3.12. The molecular weight excluding hydrogens is 278 g/mol. The van der Waals surface area contributed by atoms with E-state index in [1.54, 1.807) is 31.3 Å². The van der Waals surface area contributed by atoms with E-state index in [0.717, 1.165) is 11.1 Å². The van der Waals surface area contributed by atoms with Crippen molar-refractivity contribution in [2.45, 2.75) is 18.9 Å². The van der Waals surface area contributed by atoms with Crippen LogP contribution in [0, 0.1) is 6.92 Å². The third-order valence-corrected chi connectivity index (χ3v) is 4.26. The van der Waals surface area contributed by atoms with E-state index in [1.165, 1.54) is 4.90 Å². The first kappa shape index (κ1) is 14.3. The number of rotatable bonds is 2. The molecule has 0 bridgehead atoms. The molecule has 3 rings (SSSR count). The fraction of sp³-hybridized carbons (Fsp3) is 0.222. The molecule has 0 radical (unpaired) electrons. The summed E-state index contributed by atoms with van der Waals surface area (Å²) in [6.07, 6.45) is 0. The number of carboxylic acid groups (broad SMARTS) is 1. The summed E-state index contributed by atoms with van der Waals surface area (Å²) in [6, 6.07) is 14.1. The largest absolute Gasteiger partial charge is 0.481 e. The van der Waals surface area contributed by atoms with E-state index in [0.29, 0.717) is 11.1 Å². The molecule has 1 aliphatic heterocycles. The second kappa shape index (κ2) is 5.30. The van der Waals surface area contributed by atoms with E-state index in [1.807, 2.05) is 31.2 Å². The number of carboxylic acids is 1. The van der Waals surface area contributed by atoms with Gasteiger partial charge in [0.25, 0.3) is 5.91 Å². The number of amides is 1. The van der Waals surface area contributed by atoms with Crippen molar-refractivity contribution in [2.24, 2.45) is 0 Å². The fourth-order valence-electron chi connectivity index (χ4n) is 3.12. The maximum Gasteiger partial charge on any atom is 0.313 e. The maximum absolute atomic E-state index is 12.6. The van der Waals surface area contributed by atoms with Gasteiger partial charge >= 0.3 is 5.97 Å². The minimum atomic E-state index is -0.919. The standard InChI is InChI=1S/C18H17NO3/c1-11-7-9-12(10-8-11)16-15(18(21)22)13-5-3-4-6-14(13)17(20)19(16)2/h3-10,15-16H,1-2H3,(H,21,22)/t15-,16+/m1/s1. The Labute approximate surface area is 129 Å². The van der Waals surface area contributed by atoms with Crippen LogP contribution in [0.25, 0.3) is 0 Å². The lowest BCUT2D eigenvalue weighted by Crippen LogP contribution is -2.42. The maximum atomic E-state index is 12.6. The normalized spacial score (nSPS) is 20.6. The molecule has 22 heavy (non-hydrogen) atoms. The zero-order valence-electron chi connectivity index (χ0n) is 12.5. The van der Waals surface area contributed by atoms with Gasteiger partial charge in [0.1, 0.15) is 5.92 Å². The third-order valence-electron chi connectivity index (χ3n) is 4.26. The molecule has 0 saturated heterocycles. The van der Waals surface area contributed by atoms with Crippen molar-refractivity contribution in [3.05, 3.63) is 70.8 Å². The number of aryl methyl sites for hydroxylation is 1. The number of likely N-dealkylation sites (N-methyl/N-ethyl adjacent to an activating group) is 1. The Hall–Kier alpha value is -2.62. The Morgan fingerprint density at radius 2 is 1.73 bits per heavy atom. The second-order valence-corrected chi connectivity index (χ2v) is 5.67. The highest BCUT2D eigenvalue weighted by atomic mass is 16.4. The van der Waals surface area contributed by atoms with Crippen molar-refractivity contribution in [1.82, 2.24) is 4.90 Å². The molecule has 4 nitrogen and oxygen atoms in total. The Balaban J connectivity index is 2.18. The van der Waals surface area contributed by atoms with Gasteiger partial charge in [-0.05, 0) is 24.1 Å². The van der Waals surface area contributed by atoms with Crippen molar-refractivity contribution < 1.29 is 14.7 Å². The number of hydrogen-bond acceptors (Lipinski definition) is 2. The number of aliphatic carboxylic acids is 1. The average Bonchev–Trinajstić information content (AvgIpc) is 2.51. The van der Waals surface area contributed by atoms with E-state index in [-0.39, 0.29) is 5.91 Å². The van der Waals surface area contributed by atoms with Crippen LogP contribution in [0.15, 0.2) is 48.5 Å². The molecule has 2 aromatic rings. The lowest BCUT2D eigenvalue weighted by molar-refractivity contribution is -0.140. The monoisotopic (exact) mass is 295 g/mol. The van der Waals surface area contributed by atoms with Crippen LogP contribution in [0.1, 0.15) is 39.0 Å². The minimum absolute atomic E-state index is 0.140. The molecule has 4 heteroatoms. The van der Waals surface area contributed by atoms with Crippen LogP contribution in [0.3, 0.4) is 0 Å². The van der Waals surface area contributed by atoms with E-state index in [9.17, 15) is 14.7 Å². The third kappa shape index (κ3) is 2.17. The number of carbonyl (C=O) groups excluding carboxylic acids is 1. The van der Waals surface area contributed by atoms with Crippen molar-refractivity contribution >= 4 is 11.9 Å². The van der Waals surface area contributed by atoms with Gasteiger partial charge < -0.3 is 10.0 Å². The Morgan fingerprint density at radius 3 is 2.36 bits per heavy atom. The van der Waals surface area contributed by atoms with Gasteiger partial charge in [-0.15, -0.1) is 0 Å². The Morgan fingerprint density at radius 1 is 1.09 bits per heavy atom. The van der Waals surface area contributed by atoms with Crippen LogP contribution in [-0.2, 0) is 4.79 Å². The SMILES string of the molecule is Cc1ccc([C@H]2[C@H](C(=O)O)c3ccccc3C(=O)N2C)cc1. The zero-order valence-corrected chi connectivity index (χ0v) is 12.5. The summed E-state index contributed by atoms with van der Waals surface area (Å²) in [7, 11) is 1.67. The molecular formula is C18H17NO3.